The first-order chi connectivity index (χ1) is 10.0. The van der Waals surface area contributed by atoms with Crippen molar-refractivity contribution in [1.82, 2.24) is 9.97 Å². The summed E-state index contributed by atoms with van der Waals surface area (Å²) in [6, 6.07) is 4.86. The van der Waals surface area contributed by atoms with E-state index in [4.69, 9.17) is 10.5 Å². The van der Waals surface area contributed by atoms with Crippen molar-refractivity contribution in [3.05, 3.63) is 46.5 Å². The second-order valence-corrected chi connectivity index (χ2v) is 5.08. The Hall–Kier alpha value is -2.15. The Bertz CT molecular complexity index is 649. The molecule has 0 fully saturated rings. The van der Waals surface area contributed by atoms with Crippen LogP contribution in [-0.4, -0.2) is 23.0 Å². The van der Waals surface area contributed by atoms with E-state index in [9.17, 15) is 4.79 Å². The molecular formula is C14H14BrN3O3. The third-order valence-electron chi connectivity index (χ3n) is 2.76. The van der Waals surface area contributed by atoms with Crippen molar-refractivity contribution in [2.24, 2.45) is 0 Å². The lowest BCUT2D eigenvalue weighted by Gasteiger charge is -2.16. The van der Waals surface area contributed by atoms with Crippen LogP contribution in [0.3, 0.4) is 0 Å². The summed E-state index contributed by atoms with van der Waals surface area (Å²) in [5.74, 6) is 0.485. The van der Waals surface area contributed by atoms with Gasteiger partial charge in [0.2, 0.25) is 0 Å². The van der Waals surface area contributed by atoms with Crippen LogP contribution in [0.4, 0.5) is 5.69 Å². The molecule has 2 rings (SSSR count). The van der Waals surface area contributed by atoms with E-state index >= 15 is 0 Å². The average molecular weight is 352 g/mol. The van der Waals surface area contributed by atoms with Crippen LogP contribution in [0.2, 0.25) is 0 Å². The van der Waals surface area contributed by atoms with Crippen LogP contribution in [0.5, 0.6) is 5.75 Å². The van der Waals surface area contributed by atoms with Crippen LogP contribution in [0.15, 0.2) is 35.1 Å². The molecule has 7 heteroatoms. The number of rotatable bonds is 4. The summed E-state index contributed by atoms with van der Waals surface area (Å²) in [7, 11) is 1.30. The maximum atomic E-state index is 11.7. The normalized spacial score (nSPS) is 11.8. The number of methoxy groups -OCH3 is 1. The molecule has 1 heterocycles. The van der Waals surface area contributed by atoms with E-state index in [-0.39, 0.29) is 11.7 Å². The summed E-state index contributed by atoms with van der Waals surface area (Å²) < 4.78 is 11.1. The summed E-state index contributed by atoms with van der Waals surface area (Å²) in [5.41, 5.74) is 6.35. The number of nitrogens with zero attached hydrogens (tertiary/aromatic N) is 2. The molecule has 21 heavy (non-hydrogen) atoms. The highest BCUT2D eigenvalue weighted by atomic mass is 79.9. The lowest BCUT2D eigenvalue weighted by Crippen LogP contribution is -2.10. The lowest BCUT2D eigenvalue weighted by atomic mass is 10.1. The van der Waals surface area contributed by atoms with Gasteiger partial charge in [0, 0.05) is 18.1 Å². The van der Waals surface area contributed by atoms with E-state index in [2.05, 4.69) is 30.6 Å². The van der Waals surface area contributed by atoms with Crippen LogP contribution in [0, 0.1) is 0 Å². The number of halogens is 1. The van der Waals surface area contributed by atoms with Gasteiger partial charge in [0.1, 0.15) is 5.75 Å². The number of hydrogen-bond acceptors (Lipinski definition) is 6. The SMILES string of the molecule is COC(=O)c1cc(O[C@H](C)c2ncccn2)c(Br)cc1N. The summed E-state index contributed by atoms with van der Waals surface area (Å²) in [6.45, 7) is 1.82. The number of esters is 1. The Kier molecular flexibility index (Phi) is 4.74. The number of carbonyl (C=O) groups excluding carboxylic acids is 1. The first-order valence-electron chi connectivity index (χ1n) is 6.13. The van der Waals surface area contributed by atoms with Gasteiger partial charge in [-0.05, 0) is 41.1 Å². The maximum absolute atomic E-state index is 11.7. The summed E-state index contributed by atoms with van der Waals surface area (Å²) >= 11 is 3.36. The molecule has 1 aromatic heterocycles. The van der Waals surface area contributed by atoms with E-state index < -0.39 is 5.97 Å². The van der Waals surface area contributed by atoms with Crippen molar-refractivity contribution < 1.29 is 14.3 Å². The van der Waals surface area contributed by atoms with Gasteiger partial charge < -0.3 is 15.2 Å². The van der Waals surface area contributed by atoms with Crippen molar-refractivity contribution in [1.29, 1.82) is 0 Å². The van der Waals surface area contributed by atoms with Crippen LogP contribution in [0.1, 0.15) is 29.2 Å². The highest BCUT2D eigenvalue weighted by Crippen LogP contribution is 2.33. The molecule has 0 amide bonds. The minimum atomic E-state index is -0.520. The van der Waals surface area contributed by atoms with Gasteiger partial charge in [0.05, 0.1) is 17.1 Å². The first-order valence-corrected chi connectivity index (χ1v) is 6.93. The number of nitrogen functional groups attached to an aromatic ring is 1. The maximum Gasteiger partial charge on any atom is 0.340 e. The number of benzene rings is 1. The first kappa shape index (κ1) is 15.2. The third-order valence-corrected chi connectivity index (χ3v) is 3.38. The molecule has 6 nitrogen and oxygen atoms in total. The summed E-state index contributed by atoms with van der Waals surface area (Å²) in [6.07, 6.45) is 2.90. The molecule has 1 aromatic carbocycles. The molecule has 1 atom stereocenters. The smallest absolute Gasteiger partial charge is 0.340 e. The number of anilines is 1. The number of ether oxygens (including phenoxy) is 2. The van der Waals surface area contributed by atoms with Crippen molar-refractivity contribution in [2.75, 3.05) is 12.8 Å². The van der Waals surface area contributed by atoms with Gasteiger partial charge in [-0.2, -0.15) is 0 Å². The highest BCUT2D eigenvalue weighted by Gasteiger charge is 2.17. The topological polar surface area (TPSA) is 87.3 Å². The number of aromatic nitrogens is 2. The molecule has 0 saturated carbocycles. The molecule has 0 saturated heterocycles. The Morgan fingerprint density at radius 2 is 2.00 bits per heavy atom. The molecule has 110 valence electrons. The average Bonchev–Trinajstić information content (AvgIpc) is 2.50. The monoisotopic (exact) mass is 351 g/mol. The zero-order chi connectivity index (χ0) is 15.4. The van der Waals surface area contributed by atoms with Crippen molar-refractivity contribution in [3.8, 4) is 5.75 Å². The Morgan fingerprint density at radius 3 is 2.62 bits per heavy atom. The summed E-state index contributed by atoms with van der Waals surface area (Å²) in [5, 5.41) is 0. The van der Waals surface area contributed by atoms with Gasteiger partial charge in [0.15, 0.2) is 11.9 Å². The number of hydrogen-bond donors (Lipinski definition) is 1. The predicted octanol–water partition coefficient (Wildman–Crippen LogP) is 2.75. The molecule has 2 aromatic rings. The van der Waals surface area contributed by atoms with E-state index in [0.717, 1.165) is 0 Å². The highest BCUT2D eigenvalue weighted by molar-refractivity contribution is 9.10. The van der Waals surface area contributed by atoms with Gasteiger partial charge in [-0.3, -0.25) is 0 Å². The molecule has 0 aliphatic rings. The second kappa shape index (κ2) is 6.53. The van der Waals surface area contributed by atoms with E-state index in [1.54, 1.807) is 24.5 Å². The van der Waals surface area contributed by atoms with Crippen molar-refractivity contribution in [3.63, 3.8) is 0 Å². The molecule has 0 bridgehead atoms. The molecule has 2 N–H and O–H groups in total. The lowest BCUT2D eigenvalue weighted by molar-refractivity contribution is 0.0601. The summed E-state index contributed by atoms with van der Waals surface area (Å²) in [4.78, 5) is 19.9. The van der Waals surface area contributed by atoms with Crippen LogP contribution < -0.4 is 10.5 Å². The molecule has 0 aliphatic heterocycles. The Labute approximate surface area is 130 Å². The molecule has 0 radical (unpaired) electrons. The van der Waals surface area contributed by atoms with Gasteiger partial charge in [0.25, 0.3) is 0 Å². The van der Waals surface area contributed by atoms with Crippen LogP contribution >= 0.6 is 15.9 Å². The standard InChI is InChI=1S/C14H14BrN3O3/c1-8(13-17-4-3-5-18-13)21-12-6-9(14(19)20-2)11(16)7-10(12)15/h3-8H,16H2,1-2H3/t8-/m1/s1. The third kappa shape index (κ3) is 3.49. The van der Waals surface area contributed by atoms with E-state index in [1.807, 2.05) is 6.92 Å². The largest absolute Gasteiger partial charge is 0.482 e. The number of nitrogens with two attached hydrogens (primary N) is 1. The fraction of sp³-hybridized carbons (Fsp3) is 0.214. The van der Waals surface area contributed by atoms with Crippen molar-refractivity contribution >= 4 is 27.6 Å². The van der Waals surface area contributed by atoms with Gasteiger partial charge >= 0.3 is 5.97 Å². The van der Waals surface area contributed by atoms with Crippen LogP contribution in [-0.2, 0) is 4.74 Å². The van der Waals surface area contributed by atoms with Crippen LogP contribution in [0.25, 0.3) is 0 Å². The Balaban J connectivity index is 2.29. The Morgan fingerprint density at radius 1 is 1.33 bits per heavy atom. The minimum Gasteiger partial charge on any atom is -0.482 e. The molecule has 0 unspecified atom stereocenters. The van der Waals surface area contributed by atoms with E-state index in [1.165, 1.54) is 13.2 Å². The molecular weight excluding hydrogens is 338 g/mol. The predicted molar refractivity (Wildman–Crippen MR) is 81.0 cm³/mol. The molecule has 0 aliphatic carbocycles. The zero-order valence-corrected chi connectivity index (χ0v) is 13.1. The molecule has 0 spiro atoms. The fourth-order valence-electron chi connectivity index (χ4n) is 1.71. The van der Waals surface area contributed by atoms with Gasteiger partial charge in [-0.25, -0.2) is 14.8 Å². The zero-order valence-electron chi connectivity index (χ0n) is 11.5. The minimum absolute atomic E-state index is 0.247. The fourth-order valence-corrected chi connectivity index (χ4v) is 2.16. The second-order valence-electron chi connectivity index (χ2n) is 4.23. The van der Waals surface area contributed by atoms with Gasteiger partial charge in [-0.1, -0.05) is 0 Å². The number of carbonyl (C=O) groups is 1. The van der Waals surface area contributed by atoms with Crippen molar-refractivity contribution in [2.45, 2.75) is 13.0 Å². The quantitative estimate of drug-likeness (QED) is 0.673. The van der Waals surface area contributed by atoms with Gasteiger partial charge in [-0.15, -0.1) is 0 Å². The van der Waals surface area contributed by atoms with E-state index in [0.29, 0.717) is 21.7 Å².